The van der Waals surface area contributed by atoms with Crippen LogP contribution in [0.2, 0.25) is 0 Å². The molecule has 1 aromatic rings. The molecular weight excluding hydrogens is 278 g/mol. The van der Waals surface area contributed by atoms with Crippen LogP contribution in [0.5, 0.6) is 0 Å². The van der Waals surface area contributed by atoms with Gasteiger partial charge in [-0.3, -0.25) is 14.5 Å². The first-order valence-corrected chi connectivity index (χ1v) is 7.59. The highest BCUT2D eigenvalue weighted by Gasteiger charge is 2.17. The molecule has 0 radical (unpaired) electrons. The van der Waals surface area contributed by atoms with Crippen molar-refractivity contribution in [3.05, 3.63) is 34.9 Å². The third-order valence-electron chi connectivity index (χ3n) is 3.84. The highest BCUT2D eigenvalue weighted by atomic mass is 16.2. The van der Waals surface area contributed by atoms with Crippen LogP contribution in [-0.2, 0) is 9.59 Å². The zero-order valence-corrected chi connectivity index (χ0v) is 14.1. The molecule has 0 aliphatic carbocycles. The van der Waals surface area contributed by atoms with Crippen molar-refractivity contribution in [3.8, 4) is 0 Å². The van der Waals surface area contributed by atoms with Gasteiger partial charge in [0.15, 0.2) is 0 Å². The van der Waals surface area contributed by atoms with E-state index in [0.717, 1.165) is 5.56 Å². The molecule has 122 valence electrons. The van der Waals surface area contributed by atoms with Gasteiger partial charge in [-0.25, -0.2) is 0 Å². The summed E-state index contributed by atoms with van der Waals surface area (Å²) in [4.78, 5) is 25.0. The Balaban J connectivity index is 2.66. The maximum Gasteiger partial charge on any atom is 0.234 e. The van der Waals surface area contributed by atoms with Gasteiger partial charge in [-0.15, -0.1) is 0 Å². The van der Waals surface area contributed by atoms with E-state index in [-0.39, 0.29) is 31.1 Å². The molecule has 1 rings (SSSR count). The minimum atomic E-state index is -0.427. The van der Waals surface area contributed by atoms with Crippen molar-refractivity contribution >= 4 is 11.8 Å². The molecule has 0 heterocycles. The maximum absolute atomic E-state index is 12.2. The number of carbonyl (C=O) groups is 2. The molecule has 0 saturated carbocycles. The lowest BCUT2D eigenvalue weighted by atomic mass is 10.0. The van der Waals surface area contributed by atoms with E-state index in [1.807, 2.05) is 26.8 Å². The van der Waals surface area contributed by atoms with Gasteiger partial charge in [-0.05, 0) is 51.3 Å². The zero-order valence-electron chi connectivity index (χ0n) is 14.1. The smallest absolute Gasteiger partial charge is 0.234 e. The van der Waals surface area contributed by atoms with E-state index in [0.29, 0.717) is 0 Å². The summed E-state index contributed by atoms with van der Waals surface area (Å²) in [5, 5.41) is 2.97. The fraction of sp³-hybridized carbons (Fsp3) is 0.529. The first-order valence-electron chi connectivity index (χ1n) is 7.59. The summed E-state index contributed by atoms with van der Waals surface area (Å²) in [5.74, 6) is -0.538. The normalized spacial score (nSPS) is 12.5. The highest BCUT2D eigenvalue weighted by molar-refractivity contribution is 5.80. The largest absolute Gasteiger partial charge is 0.369 e. The first-order chi connectivity index (χ1) is 10.2. The SMILES string of the molecule is Cc1ccc([C@H](C)NC(=O)CN(CC(N)=O)C(C)C)cc1C. The van der Waals surface area contributed by atoms with Gasteiger partial charge in [0.2, 0.25) is 11.8 Å². The highest BCUT2D eigenvalue weighted by Crippen LogP contribution is 2.16. The van der Waals surface area contributed by atoms with Crippen LogP contribution in [0.3, 0.4) is 0 Å². The van der Waals surface area contributed by atoms with Gasteiger partial charge in [-0.1, -0.05) is 18.2 Å². The monoisotopic (exact) mass is 305 g/mol. The van der Waals surface area contributed by atoms with Crippen molar-refractivity contribution in [1.29, 1.82) is 0 Å². The topological polar surface area (TPSA) is 75.4 Å². The zero-order chi connectivity index (χ0) is 16.9. The lowest BCUT2D eigenvalue weighted by Gasteiger charge is -2.25. The minimum Gasteiger partial charge on any atom is -0.369 e. The summed E-state index contributed by atoms with van der Waals surface area (Å²) < 4.78 is 0. The number of nitrogens with zero attached hydrogens (tertiary/aromatic N) is 1. The Labute approximate surface area is 132 Å². The van der Waals surface area contributed by atoms with Crippen molar-refractivity contribution in [2.45, 2.75) is 46.7 Å². The number of nitrogens with two attached hydrogens (primary N) is 1. The van der Waals surface area contributed by atoms with E-state index in [4.69, 9.17) is 5.73 Å². The molecule has 0 bridgehead atoms. The molecule has 0 fully saturated rings. The average Bonchev–Trinajstić information content (AvgIpc) is 2.40. The van der Waals surface area contributed by atoms with Crippen LogP contribution in [-0.4, -0.2) is 35.8 Å². The molecule has 3 N–H and O–H groups in total. The van der Waals surface area contributed by atoms with E-state index in [2.05, 4.69) is 31.3 Å². The van der Waals surface area contributed by atoms with Crippen LogP contribution in [0.4, 0.5) is 0 Å². The third kappa shape index (κ3) is 5.48. The van der Waals surface area contributed by atoms with Gasteiger partial charge >= 0.3 is 0 Å². The number of aryl methyl sites for hydroxylation is 2. The van der Waals surface area contributed by atoms with Gasteiger partial charge < -0.3 is 11.1 Å². The second-order valence-electron chi connectivity index (χ2n) is 6.10. The van der Waals surface area contributed by atoms with Crippen LogP contribution in [0.1, 0.15) is 43.5 Å². The predicted molar refractivity (Wildman–Crippen MR) is 88.4 cm³/mol. The van der Waals surface area contributed by atoms with Crippen LogP contribution in [0.25, 0.3) is 0 Å². The van der Waals surface area contributed by atoms with Crippen LogP contribution in [0, 0.1) is 13.8 Å². The van der Waals surface area contributed by atoms with Crippen molar-refractivity contribution in [2.24, 2.45) is 5.73 Å². The Morgan fingerprint density at radius 3 is 2.27 bits per heavy atom. The van der Waals surface area contributed by atoms with E-state index >= 15 is 0 Å². The molecule has 1 aromatic carbocycles. The fourth-order valence-corrected chi connectivity index (χ4v) is 2.21. The summed E-state index contributed by atoms with van der Waals surface area (Å²) >= 11 is 0. The maximum atomic E-state index is 12.2. The number of hydrogen-bond donors (Lipinski definition) is 2. The van der Waals surface area contributed by atoms with Crippen LogP contribution in [0.15, 0.2) is 18.2 Å². The minimum absolute atomic E-state index is 0.0746. The summed E-state index contributed by atoms with van der Waals surface area (Å²) in [7, 11) is 0. The Kier molecular flexibility index (Phi) is 6.56. The molecule has 0 aliphatic rings. The molecule has 0 aromatic heterocycles. The average molecular weight is 305 g/mol. The van der Waals surface area contributed by atoms with Crippen LogP contribution < -0.4 is 11.1 Å². The lowest BCUT2D eigenvalue weighted by molar-refractivity contribution is -0.125. The Morgan fingerprint density at radius 2 is 1.77 bits per heavy atom. The third-order valence-corrected chi connectivity index (χ3v) is 3.84. The van der Waals surface area contributed by atoms with Gasteiger partial charge in [0, 0.05) is 6.04 Å². The predicted octanol–water partition coefficient (Wildman–Crippen LogP) is 1.68. The molecule has 0 saturated heterocycles. The summed E-state index contributed by atoms with van der Waals surface area (Å²) in [6.45, 7) is 10.2. The van der Waals surface area contributed by atoms with Gasteiger partial charge in [-0.2, -0.15) is 0 Å². The number of benzene rings is 1. The summed E-state index contributed by atoms with van der Waals surface area (Å²) in [5.41, 5.74) is 8.73. The Hall–Kier alpha value is -1.88. The summed E-state index contributed by atoms with van der Waals surface area (Å²) in [6, 6.07) is 6.17. The fourth-order valence-electron chi connectivity index (χ4n) is 2.21. The van der Waals surface area contributed by atoms with Crippen molar-refractivity contribution < 1.29 is 9.59 Å². The second kappa shape index (κ2) is 7.94. The second-order valence-corrected chi connectivity index (χ2v) is 6.10. The standard InChI is InChI=1S/C17H27N3O2/c1-11(2)20(9-16(18)21)10-17(22)19-14(5)15-7-6-12(3)13(4)8-15/h6-8,11,14H,9-10H2,1-5H3,(H2,18,21)(H,19,22)/t14-/m0/s1. The molecule has 2 amide bonds. The number of primary amides is 1. The van der Waals surface area contributed by atoms with Crippen molar-refractivity contribution in [3.63, 3.8) is 0 Å². The molecular formula is C17H27N3O2. The van der Waals surface area contributed by atoms with E-state index in [9.17, 15) is 9.59 Å². The number of carbonyl (C=O) groups excluding carboxylic acids is 2. The number of nitrogens with one attached hydrogen (secondary N) is 1. The molecule has 5 heteroatoms. The number of hydrogen-bond acceptors (Lipinski definition) is 3. The molecule has 22 heavy (non-hydrogen) atoms. The molecule has 5 nitrogen and oxygen atoms in total. The molecule has 0 aliphatic heterocycles. The summed E-state index contributed by atoms with van der Waals surface area (Å²) in [6.07, 6.45) is 0. The first kappa shape index (κ1) is 18.2. The van der Waals surface area contributed by atoms with Gasteiger partial charge in [0.25, 0.3) is 0 Å². The van der Waals surface area contributed by atoms with E-state index < -0.39 is 5.91 Å². The number of amides is 2. The lowest BCUT2D eigenvalue weighted by Crippen LogP contribution is -2.45. The number of rotatable bonds is 7. The molecule has 1 atom stereocenters. The van der Waals surface area contributed by atoms with Gasteiger partial charge in [0.05, 0.1) is 19.1 Å². The van der Waals surface area contributed by atoms with Gasteiger partial charge in [0.1, 0.15) is 0 Å². The van der Waals surface area contributed by atoms with Crippen molar-refractivity contribution in [1.82, 2.24) is 10.2 Å². The van der Waals surface area contributed by atoms with Crippen molar-refractivity contribution in [2.75, 3.05) is 13.1 Å². The van der Waals surface area contributed by atoms with E-state index in [1.165, 1.54) is 11.1 Å². The van der Waals surface area contributed by atoms with E-state index in [1.54, 1.807) is 4.90 Å². The Bertz CT molecular complexity index is 541. The Morgan fingerprint density at radius 1 is 1.14 bits per heavy atom. The van der Waals surface area contributed by atoms with Crippen LogP contribution >= 0.6 is 0 Å². The molecule has 0 unspecified atom stereocenters. The quantitative estimate of drug-likeness (QED) is 0.804. The molecule has 0 spiro atoms.